The van der Waals surface area contributed by atoms with Crippen molar-refractivity contribution >= 4 is 23.4 Å². The monoisotopic (exact) mass is 289 g/mol. The maximum Gasteiger partial charge on any atom is 0.0834 e. The van der Waals surface area contributed by atoms with Gasteiger partial charge in [0.25, 0.3) is 0 Å². The second-order valence-corrected chi connectivity index (χ2v) is 7.48. The molecule has 0 aliphatic carbocycles. The van der Waals surface area contributed by atoms with Gasteiger partial charge in [0.15, 0.2) is 0 Å². The normalized spacial score (nSPS) is 13.9. The fraction of sp³-hybridized carbons (Fsp3) is 0.769. The Hall–Kier alpha value is -0.190. The SMILES string of the molecule is CCNC(CSC(C)(C)C)c1c(Cl)cnn1CC. The van der Waals surface area contributed by atoms with E-state index in [0.29, 0.717) is 0 Å². The van der Waals surface area contributed by atoms with E-state index >= 15 is 0 Å². The molecule has 1 atom stereocenters. The summed E-state index contributed by atoms with van der Waals surface area (Å²) in [5.41, 5.74) is 1.11. The third kappa shape index (κ3) is 4.48. The maximum absolute atomic E-state index is 6.27. The van der Waals surface area contributed by atoms with E-state index in [-0.39, 0.29) is 10.8 Å². The lowest BCUT2D eigenvalue weighted by Gasteiger charge is -2.24. The van der Waals surface area contributed by atoms with E-state index in [2.05, 4.69) is 45.0 Å². The fourth-order valence-electron chi connectivity index (χ4n) is 1.78. The molecule has 18 heavy (non-hydrogen) atoms. The molecule has 0 saturated carbocycles. The average molecular weight is 290 g/mol. The van der Waals surface area contributed by atoms with Crippen molar-refractivity contribution in [2.45, 2.75) is 52.0 Å². The number of hydrogen-bond acceptors (Lipinski definition) is 3. The zero-order valence-corrected chi connectivity index (χ0v) is 13.5. The van der Waals surface area contributed by atoms with Gasteiger partial charge < -0.3 is 5.32 Å². The Morgan fingerprint density at radius 3 is 2.61 bits per heavy atom. The van der Waals surface area contributed by atoms with Crippen molar-refractivity contribution < 1.29 is 0 Å². The van der Waals surface area contributed by atoms with Crippen LogP contribution in [-0.4, -0.2) is 26.8 Å². The fourth-order valence-corrected chi connectivity index (χ4v) is 3.00. The number of rotatable bonds is 6. The highest BCUT2D eigenvalue weighted by molar-refractivity contribution is 8.00. The summed E-state index contributed by atoms with van der Waals surface area (Å²) in [5, 5.41) is 8.59. The molecule has 0 fully saturated rings. The van der Waals surface area contributed by atoms with Crippen LogP contribution < -0.4 is 5.32 Å². The third-order valence-electron chi connectivity index (χ3n) is 2.60. The molecule has 0 aromatic carbocycles. The lowest BCUT2D eigenvalue weighted by molar-refractivity contribution is 0.526. The molecule has 3 nitrogen and oxygen atoms in total. The van der Waals surface area contributed by atoms with Crippen LogP contribution in [0.25, 0.3) is 0 Å². The zero-order chi connectivity index (χ0) is 13.8. The van der Waals surface area contributed by atoms with Crippen LogP contribution in [0.4, 0.5) is 0 Å². The predicted octanol–water partition coefficient (Wildman–Crippen LogP) is 3.74. The number of halogens is 1. The van der Waals surface area contributed by atoms with E-state index in [0.717, 1.165) is 29.6 Å². The quantitative estimate of drug-likeness (QED) is 0.865. The molecule has 1 aromatic rings. The smallest absolute Gasteiger partial charge is 0.0834 e. The molecule has 0 aliphatic rings. The van der Waals surface area contributed by atoms with E-state index in [1.165, 1.54) is 0 Å². The number of nitrogens with one attached hydrogen (secondary N) is 1. The van der Waals surface area contributed by atoms with Crippen LogP contribution in [0.1, 0.15) is 46.4 Å². The van der Waals surface area contributed by atoms with Crippen molar-refractivity contribution in [2.75, 3.05) is 12.3 Å². The van der Waals surface area contributed by atoms with Crippen LogP contribution in [-0.2, 0) is 6.54 Å². The second kappa shape index (κ2) is 6.83. The Morgan fingerprint density at radius 1 is 1.44 bits per heavy atom. The third-order valence-corrected chi connectivity index (χ3v) is 4.25. The van der Waals surface area contributed by atoms with Crippen molar-refractivity contribution in [1.29, 1.82) is 0 Å². The first-order valence-electron chi connectivity index (χ1n) is 6.47. The highest BCUT2D eigenvalue weighted by Crippen LogP contribution is 2.31. The molecule has 0 spiro atoms. The number of thioether (sulfide) groups is 1. The van der Waals surface area contributed by atoms with Crippen LogP contribution >= 0.6 is 23.4 Å². The summed E-state index contributed by atoms with van der Waals surface area (Å²) in [5.74, 6) is 1.00. The van der Waals surface area contributed by atoms with Gasteiger partial charge in [-0.15, -0.1) is 0 Å². The first kappa shape index (κ1) is 15.9. The van der Waals surface area contributed by atoms with Gasteiger partial charge in [-0.05, 0) is 13.5 Å². The minimum absolute atomic E-state index is 0.258. The first-order chi connectivity index (χ1) is 8.39. The topological polar surface area (TPSA) is 29.9 Å². The van der Waals surface area contributed by atoms with Gasteiger partial charge in [-0.3, -0.25) is 4.68 Å². The van der Waals surface area contributed by atoms with E-state index in [4.69, 9.17) is 11.6 Å². The van der Waals surface area contributed by atoms with E-state index in [9.17, 15) is 0 Å². The van der Waals surface area contributed by atoms with Gasteiger partial charge >= 0.3 is 0 Å². The van der Waals surface area contributed by atoms with Gasteiger partial charge in [-0.2, -0.15) is 16.9 Å². The molecular weight excluding hydrogens is 266 g/mol. The minimum atomic E-state index is 0.258. The summed E-state index contributed by atoms with van der Waals surface area (Å²) < 4.78 is 2.25. The molecular formula is C13H24ClN3S. The zero-order valence-electron chi connectivity index (χ0n) is 12.0. The standard InChI is InChI=1S/C13H24ClN3S/c1-6-15-11(9-18-13(3,4)5)12-10(14)8-16-17(12)7-2/h8,11,15H,6-7,9H2,1-5H3. The van der Waals surface area contributed by atoms with Crippen LogP contribution in [0.5, 0.6) is 0 Å². The molecule has 0 radical (unpaired) electrons. The second-order valence-electron chi connectivity index (χ2n) is 5.23. The molecule has 1 N–H and O–H groups in total. The molecule has 0 saturated heterocycles. The highest BCUT2D eigenvalue weighted by atomic mass is 35.5. The van der Waals surface area contributed by atoms with Gasteiger partial charge in [0.2, 0.25) is 0 Å². The van der Waals surface area contributed by atoms with E-state index in [1.807, 2.05) is 16.4 Å². The highest BCUT2D eigenvalue weighted by Gasteiger charge is 2.22. The number of hydrogen-bond donors (Lipinski definition) is 1. The van der Waals surface area contributed by atoms with Gasteiger partial charge in [0, 0.05) is 17.0 Å². The molecule has 0 amide bonds. The Morgan fingerprint density at radius 2 is 2.11 bits per heavy atom. The Balaban J connectivity index is 2.86. The molecule has 5 heteroatoms. The summed E-state index contributed by atoms with van der Waals surface area (Å²) in [6.45, 7) is 12.7. The van der Waals surface area contributed by atoms with Gasteiger partial charge in [0.05, 0.1) is 23.0 Å². The molecule has 1 heterocycles. The van der Waals surface area contributed by atoms with E-state index < -0.39 is 0 Å². The molecule has 0 aliphatic heterocycles. The molecule has 1 rings (SSSR count). The van der Waals surface area contributed by atoms with Crippen molar-refractivity contribution in [2.24, 2.45) is 0 Å². The van der Waals surface area contributed by atoms with Crippen LogP contribution in [0.3, 0.4) is 0 Å². The Kier molecular flexibility index (Phi) is 6.02. The summed E-state index contributed by atoms with van der Waals surface area (Å²) >= 11 is 8.22. The molecule has 1 unspecified atom stereocenters. The van der Waals surface area contributed by atoms with Crippen LogP contribution in [0.2, 0.25) is 5.02 Å². The van der Waals surface area contributed by atoms with Crippen LogP contribution in [0, 0.1) is 0 Å². The Labute approximate surface area is 120 Å². The lowest BCUT2D eigenvalue weighted by Crippen LogP contribution is -2.27. The van der Waals surface area contributed by atoms with Crippen molar-refractivity contribution in [3.05, 3.63) is 16.9 Å². The maximum atomic E-state index is 6.27. The number of aromatic nitrogens is 2. The van der Waals surface area contributed by atoms with Crippen molar-refractivity contribution in [3.63, 3.8) is 0 Å². The Bertz CT molecular complexity index is 371. The number of nitrogens with zero attached hydrogens (tertiary/aromatic N) is 2. The summed E-state index contributed by atoms with van der Waals surface area (Å²) in [7, 11) is 0. The predicted molar refractivity (Wildman–Crippen MR) is 81.5 cm³/mol. The van der Waals surface area contributed by atoms with Gasteiger partial charge in [-0.25, -0.2) is 0 Å². The minimum Gasteiger partial charge on any atom is -0.308 e. The largest absolute Gasteiger partial charge is 0.308 e. The van der Waals surface area contributed by atoms with Crippen molar-refractivity contribution in [1.82, 2.24) is 15.1 Å². The van der Waals surface area contributed by atoms with Crippen molar-refractivity contribution in [3.8, 4) is 0 Å². The molecule has 104 valence electrons. The molecule has 0 bridgehead atoms. The summed E-state index contributed by atoms with van der Waals surface area (Å²) in [6.07, 6.45) is 1.74. The van der Waals surface area contributed by atoms with Gasteiger partial charge in [-0.1, -0.05) is 39.3 Å². The number of aryl methyl sites for hydroxylation is 1. The lowest BCUT2D eigenvalue weighted by atomic mass is 10.2. The molecule has 1 aromatic heterocycles. The first-order valence-corrected chi connectivity index (χ1v) is 7.84. The van der Waals surface area contributed by atoms with Crippen LogP contribution in [0.15, 0.2) is 6.20 Å². The van der Waals surface area contributed by atoms with Gasteiger partial charge in [0.1, 0.15) is 0 Å². The average Bonchev–Trinajstić information content (AvgIpc) is 2.64. The van der Waals surface area contributed by atoms with E-state index in [1.54, 1.807) is 6.20 Å². The summed E-state index contributed by atoms with van der Waals surface area (Å²) in [6, 6.07) is 0.258. The summed E-state index contributed by atoms with van der Waals surface area (Å²) in [4.78, 5) is 0.